The van der Waals surface area contributed by atoms with Gasteiger partial charge in [-0.05, 0) is 30.9 Å². The normalized spacial score (nSPS) is 34.2. The first-order valence-corrected chi connectivity index (χ1v) is 5.21. The molecule has 14 heavy (non-hydrogen) atoms. The zero-order valence-corrected chi connectivity index (χ0v) is 7.98. The predicted octanol–water partition coefficient (Wildman–Crippen LogP) is 1.98. The molecule has 0 aromatic rings. The van der Waals surface area contributed by atoms with Crippen molar-refractivity contribution in [1.29, 1.82) is 0 Å². The highest BCUT2D eigenvalue weighted by Crippen LogP contribution is 2.38. The summed E-state index contributed by atoms with van der Waals surface area (Å²) in [5, 5.41) is 9.81. The average molecular weight is 187 g/mol. The van der Waals surface area contributed by atoms with E-state index in [1.165, 1.54) is 5.57 Å². The van der Waals surface area contributed by atoms with Crippen molar-refractivity contribution >= 4 is 5.71 Å². The zero-order chi connectivity index (χ0) is 9.54. The minimum absolute atomic E-state index is 0.321. The number of hydrogen-bond acceptors (Lipinski definition) is 2. The summed E-state index contributed by atoms with van der Waals surface area (Å²) in [6.07, 6.45) is 11.1. The second-order valence-corrected chi connectivity index (χ2v) is 4.08. The summed E-state index contributed by atoms with van der Waals surface area (Å²) in [6, 6.07) is 0. The molecular weight excluding hydrogens is 174 g/mol. The molecule has 0 fully saturated rings. The van der Waals surface area contributed by atoms with Crippen LogP contribution >= 0.6 is 0 Å². The highest BCUT2D eigenvalue weighted by Gasteiger charge is 2.32. The molecule has 2 aliphatic carbocycles. The monoisotopic (exact) mass is 187 g/mol. The molecule has 2 atom stereocenters. The van der Waals surface area contributed by atoms with Gasteiger partial charge in [0.05, 0.1) is 17.5 Å². The highest BCUT2D eigenvalue weighted by atomic mass is 16.3. The van der Waals surface area contributed by atoms with Crippen molar-refractivity contribution in [1.82, 2.24) is 0 Å². The maximum absolute atomic E-state index is 9.81. The van der Waals surface area contributed by atoms with Gasteiger partial charge in [0.25, 0.3) is 0 Å². The molecule has 3 aliphatic rings. The fraction of sp³-hybridized carbons (Fsp3) is 0.417. The second-order valence-electron chi connectivity index (χ2n) is 4.08. The van der Waals surface area contributed by atoms with E-state index in [1.807, 2.05) is 6.08 Å². The van der Waals surface area contributed by atoms with Crippen LogP contribution in [0.3, 0.4) is 0 Å². The van der Waals surface area contributed by atoms with Crippen LogP contribution in [0, 0.1) is 5.92 Å². The molecule has 0 bridgehead atoms. The summed E-state index contributed by atoms with van der Waals surface area (Å²) < 4.78 is 0. The summed E-state index contributed by atoms with van der Waals surface area (Å²) in [5.41, 5.74) is 3.41. The minimum atomic E-state index is -0.321. The number of aliphatic hydroxyl groups excluding tert-OH is 1. The highest BCUT2D eigenvalue weighted by molar-refractivity contribution is 6.03. The van der Waals surface area contributed by atoms with Crippen LogP contribution in [0.4, 0.5) is 0 Å². The lowest BCUT2D eigenvalue weighted by Gasteiger charge is -2.21. The van der Waals surface area contributed by atoms with E-state index in [2.05, 4.69) is 23.2 Å². The fourth-order valence-corrected chi connectivity index (χ4v) is 2.50. The van der Waals surface area contributed by atoms with Gasteiger partial charge in [-0.25, -0.2) is 0 Å². The third kappa shape index (κ3) is 1.04. The van der Waals surface area contributed by atoms with Gasteiger partial charge in [-0.15, -0.1) is 0 Å². The molecule has 1 N–H and O–H groups in total. The summed E-state index contributed by atoms with van der Waals surface area (Å²) >= 11 is 0. The number of fused-ring (bicyclic) bond motifs is 2. The number of nitrogens with zero attached hydrogens (tertiary/aromatic N) is 1. The maximum atomic E-state index is 9.81. The van der Waals surface area contributed by atoms with Crippen LogP contribution in [0.5, 0.6) is 0 Å². The molecule has 2 nitrogen and oxygen atoms in total. The number of aliphatic hydroxyl groups is 1. The molecular formula is C12H13NO. The third-order valence-corrected chi connectivity index (χ3v) is 3.19. The van der Waals surface area contributed by atoms with Gasteiger partial charge >= 0.3 is 0 Å². The van der Waals surface area contributed by atoms with Crippen molar-refractivity contribution in [3.63, 3.8) is 0 Å². The lowest BCUT2D eigenvalue weighted by atomic mass is 9.84. The van der Waals surface area contributed by atoms with Gasteiger partial charge in [0, 0.05) is 5.92 Å². The van der Waals surface area contributed by atoms with Crippen LogP contribution in [-0.2, 0) is 0 Å². The molecule has 2 heteroatoms. The molecule has 0 aromatic carbocycles. The van der Waals surface area contributed by atoms with E-state index in [0.29, 0.717) is 5.92 Å². The molecule has 0 aromatic heterocycles. The number of rotatable bonds is 0. The Hall–Kier alpha value is -1.15. The van der Waals surface area contributed by atoms with Gasteiger partial charge in [-0.1, -0.05) is 18.2 Å². The molecule has 72 valence electrons. The number of hydrogen-bond donors (Lipinski definition) is 1. The van der Waals surface area contributed by atoms with Gasteiger partial charge in [-0.2, -0.15) is 0 Å². The van der Waals surface area contributed by atoms with Crippen molar-refractivity contribution in [3.8, 4) is 0 Å². The van der Waals surface area contributed by atoms with Crippen molar-refractivity contribution in [2.75, 3.05) is 0 Å². The van der Waals surface area contributed by atoms with Crippen molar-refractivity contribution in [3.05, 3.63) is 35.6 Å². The van der Waals surface area contributed by atoms with Gasteiger partial charge in [0.2, 0.25) is 0 Å². The first kappa shape index (κ1) is 8.18. The molecule has 0 saturated carbocycles. The Labute approximate surface area is 83.4 Å². The van der Waals surface area contributed by atoms with E-state index < -0.39 is 0 Å². The van der Waals surface area contributed by atoms with Crippen molar-refractivity contribution in [2.24, 2.45) is 10.9 Å². The Balaban J connectivity index is 2.05. The van der Waals surface area contributed by atoms with Gasteiger partial charge < -0.3 is 5.11 Å². The van der Waals surface area contributed by atoms with Gasteiger partial charge in [0.15, 0.2) is 0 Å². The smallest absolute Gasteiger partial charge is 0.0959 e. The van der Waals surface area contributed by atoms with E-state index >= 15 is 0 Å². The lowest BCUT2D eigenvalue weighted by molar-refractivity contribution is 0.187. The second kappa shape index (κ2) is 2.92. The molecule has 1 heterocycles. The summed E-state index contributed by atoms with van der Waals surface area (Å²) in [4.78, 5) is 4.52. The standard InChI is InChI=1S/C12H13NO/c14-11-7-3-5-9-8-4-1-2-6-10(8)13-12(9)11/h1-2,4,6,8,11,14H,3,5,7H2/t8-,11-/m0/s1. The lowest BCUT2D eigenvalue weighted by Crippen LogP contribution is -2.17. The molecule has 0 saturated heterocycles. The van der Waals surface area contributed by atoms with Crippen LogP contribution in [0.25, 0.3) is 0 Å². The van der Waals surface area contributed by atoms with Crippen LogP contribution < -0.4 is 0 Å². The topological polar surface area (TPSA) is 32.6 Å². The Kier molecular flexibility index (Phi) is 1.71. The molecule has 0 unspecified atom stereocenters. The van der Waals surface area contributed by atoms with E-state index in [-0.39, 0.29) is 6.10 Å². The van der Waals surface area contributed by atoms with E-state index in [4.69, 9.17) is 0 Å². The Morgan fingerprint density at radius 2 is 2.29 bits per heavy atom. The first-order valence-electron chi connectivity index (χ1n) is 5.21. The quantitative estimate of drug-likeness (QED) is 0.618. The predicted molar refractivity (Wildman–Crippen MR) is 56.1 cm³/mol. The molecule has 0 spiro atoms. The molecule has 0 amide bonds. The minimum Gasteiger partial charge on any atom is -0.387 e. The van der Waals surface area contributed by atoms with E-state index in [9.17, 15) is 5.11 Å². The maximum Gasteiger partial charge on any atom is 0.0959 e. The van der Waals surface area contributed by atoms with Gasteiger partial charge in [-0.3, -0.25) is 4.99 Å². The number of aliphatic imine (C=N–C) groups is 1. The summed E-state index contributed by atoms with van der Waals surface area (Å²) in [6.45, 7) is 0. The summed E-state index contributed by atoms with van der Waals surface area (Å²) in [7, 11) is 0. The fourth-order valence-electron chi connectivity index (χ4n) is 2.50. The van der Waals surface area contributed by atoms with Crippen LogP contribution in [0.1, 0.15) is 19.3 Å². The SMILES string of the molecule is O[C@H]1CCCC2=C1N=C1C=CC=C[C@H]12. The Morgan fingerprint density at radius 3 is 3.21 bits per heavy atom. The van der Waals surface area contributed by atoms with E-state index in [0.717, 1.165) is 30.7 Å². The molecule has 0 radical (unpaired) electrons. The first-order chi connectivity index (χ1) is 6.86. The molecule has 1 aliphatic heterocycles. The average Bonchev–Trinajstić information content (AvgIpc) is 2.59. The molecule has 3 rings (SSSR count). The van der Waals surface area contributed by atoms with Gasteiger partial charge in [0.1, 0.15) is 0 Å². The van der Waals surface area contributed by atoms with Crippen LogP contribution in [0.2, 0.25) is 0 Å². The largest absolute Gasteiger partial charge is 0.387 e. The summed E-state index contributed by atoms with van der Waals surface area (Å²) in [5.74, 6) is 0.366. The van der Waals surface area contributed by atoms with Crippen LogP contribution in [-0.4, -0.2) is 16.9 Å². The van der Waals surface area contributed by atoms with Crippen molar-refractivity contribution in [2.45, 2.75) is 25.4 Å². The van der Waals surface area contributed by atoms with E-state index in [1.54, 1.807) is 0 Å². The van der Waals surface area contributed by atoms with Crippen molar-refractivity contribution < 1.29 is 5.11 Å². The Morgan fingerprint density at radius 1 is 1.36 bits per heavy atom. The third-order valence-electron chi connectivity index (χ3n) is 3.19. The Bertz CT molecular complexity index is 387. The zero-order valence-electron chi connectivity index (χ0n) is 7.98. The number of allylic oxidation sites excluding steroid dienone is 5. The van der Waals surface area contributed by atoms with Crippen LogP contribution in [0.15, 0.2) is 40.6 Å².